The average Bonchev–Trinajstić information content (AvgIpc) is 2.47. The Hall–Kier alpha value is -1.73. The van der Waals surface area contributed by atoms with Crippen LogP contribution in [-0.2, 0) is 4.74 Å². The Kier molecular flexibility index (Phi) is 8.39. The number of rotatable bonds is 10. The van der Waals surface area contributed by atoms with Gasteiger partial charge in [0.15, 0.2) is 0 Å². The van der Waals surface area contributed by atoms with Crippen LogP contribution in [0.2, 0.25) is 0 Å². The van der Waals surface area contributed by atoms with Crippen LogP contribution >= 0.6 is 0 Å². The first-order chi connectivity index (χ1) is 10.5. The van der Waals surface area contributed by atoms with Crippen molar-refractivity contribution in [1.82, 2.24) is 20.2 Å². The van der Waals surface area contributed by atoms with Crippen LogP contribution in [0, 0.1) is 6.92 Å². The SMILES string of the molecule is COCCCNc1cc(C(=O)NCCCN(C)C)nc(C)n1. The third-order valence-corrected chi connectivity index (χ3v) is 2.97. The lowest BCUT2D eigenvalue weighted by atomic mass is 10.3. The molecule has 0 aliphatic carbocycles. The fourth-order valence-electron chi connectivity index (χ4n) is 1.90. The average molecular weight is 309 g/mol. The van der Waals surface area contributed by atoms with Gasteiger partial charge >= 0.3 is 0 Å². The molecule has 7 nitrogen and oxygen atoms in total. The van der Waals surface area contributed by atoms with Crippen molar-refractivity contribution in [3.05, 3.63) is 17.6 Å². The molecular weight excluding hydrogens is 282 g/mol. The molecule has 1 aromatic heterocycles. The zero-order valence-corrected chi connectivity index (χ0v) is 14.0. The molecule has 0 unspecified atom stereocenters. The van der Waals surface area contributed by atoms with Crippen molar-refractivity contribution in [3.8, 4) is 0 Å². The Labute approximate surface area is 132 Å². The molecule has 0 radical (unpaired) electrons. The molecule has 2 N–H and O–H groups in total. The van der Waals surface area contributed by atoms with Crippen molar-refractivity contribution in [3.63, 3.8) is 0 Å². The molecule has 0 aromatic carbocycles. The summed E-state index contributed by atoms with van der Waals surface area (Å²) in [5.74, 6) is 1.08. The van der Waals surface area contributed by atoms with Crippen LogP contribution in [0.5, 0.6) is 0 Å². The number of nitrogens with one attached hydrogen (secondary N) is 2. The van der Waals surface area contributed by atoms with Gasteiger partial charge in [0.2, 0.25) is 0 Å². The lowest BCUT2D eigenvalue weighted by molar-refractivity contribution is 0.0947. The van der Waals surface area contributed by atoms with Gasteiger partial charge in [0.25, 0.3) is 5.91 Å². The molecule has 0 aliphatic heterocycles. The van der Waals surface area contributed by atoms with Crippen molar-refractivity contribution in [2.75, 3.05) is 52.8 Å². The molecule has 0 fully saturated rings. The number of aryl methyl sites for hydroxylation is 1. The molecule has 1 aromatic rings. The molecule has 124 valence electrons. The molecule has 0 saturated carbocycles. The summed E-state index contributed by atoms with van der Waals surface area (Å²) in [5.41, 5.74) is 0.395. The number of methoxy groups -OCH3 is 1. The number of anilines is 1. The fourth-order valence-corrected chi connectivity index (χ4v) is 1.90. The molecule has 1 heterocycles. The third-order valence-electron chi connectivity index (χ3n) is 2.97. The van der Waals surface area contributed by atoms with Gasteiger partial charge in [0.05, 0.1) is 0 Å². The summed E-state index contributed by atoms with van der Waals surface area (Å²) in [4.78, 5) is 22.7. The Bertz CT molecular complexity index is 465. The molecule has 0 aliphatic rings. The minimum Gasteiger partial charge on any atom is -0.385 e. The van der Waals surface area contributed by atoms with E-state index in [2.05, 4.69) is 25.5 Å². The second-order valence-corrected chi connectivity index (χ2v) is 5.37. The van der Waals surface area contributed by atoms with Gasteiger partial charge in [-0.1, -0.05) is 0 Å². The van der Waals surface area contributed by atoms with Crippen LogP contribution in [0.4, 0.5) is 5.82 Å². The summed E-state index contributed by atoms with van der Waals surface area (Å²) in [6.07, 6.45) is 1.79. The molecule has 0 bridgehead atoms. The lowest BCUT2D eigenvalue weighted by Crippen LogP contribution is -2.28. The Morgan fingerprint density at radius 2 is 2.05 bits per heavy atom. The van der Waals surface area contributed by atoms with Gasteiger partial charge in [-0.15, -0.1) is 0 Å². The lowest BCUT2D eigenvalue weighted by Gasteiger charge is -2.11. The van der Waals surface area contributed by atoms with Gasteiger partial charge in [-0.2, -0.15) is 0 Å². The van der Waals surface area contributed by atoms with Gasteiger partial charge in [0.1, 0.15) is 17.3 Å². The van der Waals surface area contributed by atoms with E-state index in [1.807, 2.05) is 14.1 Å². The van der Waals surface area contributed by atoms with Crippen molar-refractivity contribution in [2.45, 2.75) is 19.8 Å². The number of nitrogens with zero attached hydrogens (tertiary/aromatic N) is 3. The largest absolute Gasteiger partial charge is 0.385 e. The first-order valence-corrected chi connectivity index (χ1v) is 7.54. The second kappa shape index (κ2) is 10.1. The molecule has 0 atom stereocenters. The molecule has 1 rings (SSSR count). The molecule has 0 spiro atoms. The van der Waals surface area contributed by atoms with E-state index in [1.165, 1.54) is 0 Å². The van der Waals surface area contributed by atoms with Crippen LogP contribution in [0.1, 0.15) is 29.2 Å². The molecule has 7 heteroatoms. The van der Waals surface area contributed by atoms with E-state index in [1.54, 1.807) is 20.1 Å². The van der Waals surface area contributed by atoms with Crippen LogP contribution in [-0.4, -0.2) is 68.2 Å². The van der Waals surface area contributed by atoms with E-state index in [9.17, 15) is 4.79 Å². The molecule has 22 heavy (non-hydrogen) atoms. The van der Waals surface area contributed by atoms with Gasteiger partial charge < -0.3 is 20.3 Å². The fraction of sp³-hybridized carbons (Fsp3) is 0.667. The standard InChI is InChI=1S/C15H27N5O2/c1-12-18-13(15(21)17-7-5-9-20(2)3)11-14(19-12)16-8-6-10-22-4/h11H,5-10H2,1-4H3,(H,17,21)(H,16,18,19). The highest BCUT2D eigenvalue weighted by molar-refractivity contribution is 5.92. The smallest absolute Gasteiger partial charge is 0.270 e. The zero-order valence-electron chi connectivity index (χ0n) is 14.0. The van der Waals surface area contributed by atoms with Crippen molar-refractivity contribution in [1.29, 1.82) is 0 Å². The van der Waals surface area contributed by atoms with E-state index < -0.39 is 0 Å². The predicted octanol–water partition coefficient (Wildman–Crippen LogP) is 0.915. The van der Waals surface area contributed by atoms with Crippen LogP contribution in [0.3, 0.4) is 0 Å². The number of carbonyl (C=O) groups excluding carboxylic acids is 1. The molecular formula is C15H27N5O2. The molecule has 0 saturated heterocycles. The number of hydrogen-bond donors (Lipinski definition) is 2. The predicted molar refractivity (Wildman–Crippen MR) is 87.3 cm³/mol. The summed E-state index contributed by atoms with van der Waals surface area (Å²) in [7, 11) is 5.70. The van der Waals surface area contributed by atoms with E-state index in [4.69, 9.17) is 4.74 Å². The summed E-state index contributed by atoms with van der Waals surface area (Å²) in [6, 6.07) is 1.68. The highest BCUT2D eigenvalue weighted by Crippen LogP contribution is 2.07. The first-order valence-electron chi connectivity index (χ1n) is 7.54. The summed E-state index contributed by atoms with van der Waals surface area (Å²) in [5, 5.41) is 6.06. The zero-order chi connectivity index (χ0) is 16.4. The maximum absolute atomic E-state index is 12.1. The van der Waals surface area contributed by atoms with E-state index >= 15 is 0 Å². The second-order valence-electron chi connectivity index (χ2n) is 5.37. The summed E-state index contributed by atoms with van der Waals surface area (Å²) in [6.45, 7) is 4.79. The minimum absolute atomic E-state index is 0.163. The summed E-state index contributed by atoms with van der Waals surface area (Å²) >= 11 is 0. The normalized spacial score (nSPS) is 10.8. The van der Waals surface area contributed by atoms with E-state index in [0.29, 0.717) is 30.5 Å². The topological polar surface area (TPSA) is 79.4 Å². The maximum Gasteiger partial charge on any atom is 0.270 e. The maximum atomic E-state index is 12.1. The highest BCUT2D eigenvalue weighted by Gasteiger charge is 2.10. The van der Waals surface area contributed by atoms with Crippen LogP contribution < -0.4 is 10.6 Å². The van der Waals surface area contributed by atoms with Gasteiger partial charge in [-0.05, 0) is 40.4 Å². The van der Waals surface area contributed by atoms with E-state index in [0.717, 1.165) is 25.9 Å². The number of carbonyl (C=O) groups is 1. The Morgan fingerprint density at radius 3 is 2.73 bits per heavy atom. The molecule has 1 amide bonds. The third kappa shape index (κ3) is 7.33. The number of amides is 1. The summed E-state index contributed by atoms with van der Waals surface area (Å²) < 4.78 is 5.00. The number of ether oxygens (including phenoxy) is 1. The Balaban J connectivity index is 2.50. The van der Waals surface area contributed by atoms with Crippen LogP contribution in [0.15, 0.2) is 6.07 Å². The van der Waals surface area contributed by atoms with Crippen molar-refractivity contribution in [2.24, 2.45) is 0 Å². The monoisotopic (exact) mass is 309 g/mol. The van der Waals surface area contributed by atoms with Crippen molar-refractivity contribution >= 4 is 11.7 Å². The van der Waals surface area contributed by atoms with Gasteiger partial charge in [0, 0.05) is 32.9 Å². The number of aromatic nitrogens is 2. The van der Waals surface area contributed by atoms with E-state index in [-0.39, 0.29) is 5.91 Å². The van der Waals surface area contributed by atoms with Crippen LogP contribution in [0.25, 0.3) is 0 Å². The number of hydrogen-bond acceptors (Lipinski definition) is 6. The van der Waals surface area contributed by atoms with Gasteiger partial charge in [-0.3, -0.25) is 4.79 Å². The van der Waals surface area contributed by atoms with Crippen molar-refractivity contribution < 1.29 is 9.53 Å². The highest BCUT2D eigenvalue weighted by atomic mass is 16.5. The minimum atomic E-state index is -0.163. The first kappa shape index (κ1) is 18.3. The Morgan fingerprint density at radius 1 is 1.27 bits per heavy atom. The van der Waals surface area contributed by atoms with Gasteiger partial charge in [-0.25, -0.2) is 9.97 Å². The quantitative estimate of drug-likeness (QED) is 0.626.